The highest BCUT2D eigenvalue weighted by Gasteiger charge is 2.38. The van der Waals surface area contributed by atoms with E-state index in [1.165, 1.54) is 19.2 Å². The van der Waals surface area contributed by atoms with Gasteiger partial charge in [0.15, 0.2) is 0 Å². The van der Waals surface area contributed by atoms with Crippen molar-refractivity contribution >= 4 is 39.5 Å². The monoisotopic (exact) mass is 377 g/mol. The van der Waals surface area contributed by atoms with Crippen molar-refractivity contribution < 1.29 is 22.7 Å². The van der Waals surface area contributed by atoms with Crippen LogP contribution in [0.2, 0.25) is 5.02 Å². The van der Waals surface area contributed by atoms with Gasteiger partial charge >= 0.3 is 6.18 Å². The number of nitrogens with one attached hydrogen (secondary N) is 1. The van der Waals surface area contributed by atoms with Gasteiger partial charge in [0, 0.05) is 5.02 Å². The average molecular weight is 378 g/mol. The van der Waals surface area contributed by atoms with Crippen molar-refractivity contribution in [3.8, 4) is 5.75 Å². The minimum atomic E-state index is -4.72. The quantitative estimate of drug-likeness (QED) is 0.758. The predicted octanol–water partition coefficient (Wildman–Crippen LogP) is 3.12. The molecule has 7 nitrogen and oxygen atoms in total. The highest BCUT2D eigenvalue weighted by molar-refractivity contribution is 7.18. The van der Waals surface area contributed by atoms with Crippen molar-refractivity contribution in [2.75, 3.05) is 12.4 Å². The third-order valence-corrected chi connectivity index (χ3v) is 3.98. The number of benzene rings is 1. The number of methoxy groups -OCH3 is 1. The van der Waals surface area contributed by atoms with E-state index in [0.29, 0.717) is 26.6 Å². The summed E-state index contributed by atoms with van der Waals surface area (Å²) in [5.74, 6) is -1.68. The Bertz CT molecular complexity index is 923. The summed E-state index contributed by atoms with van der Waals surface area (Å²) in [6, 6.07) is 4.55. The van der Waals surface area contributed by atoms with Gasteiger partial charge < -0.3 is 10.1 Å². The second kappa shape index (κ2) is 5.91. The first-order valence-corrected chi connectivity index (χ1v) is 7.43. The molecule has 0 saturated carbocycles. The molecule has 1 aromatic carbocycles. The Morgan fingerprint density at radius 3 is 2.79 bits per heavy atom. The van der Waals surface area contributed by atoms with Crippen LogP contribution in [0.1, 0.15) is 15.6 Å². The molecule has 0 saturated heterocycles. The maximum absolute atomic E-state index is 12.8. The van der Waals surface area contributed by atoms with Crippen LogP contribution in [0.5, 0.6) is 5.75 Å². The van der Waals surface area contributed by atoms with Crippen molar-refractivity contribution in [3.63, 3.8) is 0 Å². The van der Waals surface area contributed by atoms with Gasteiger partial charge in [-0.1, -0.05) is 22.9 Å². The van der Waals surface area contributed by atoms with Crippen LogP contribution in [0.15, 0.2) is 18.2 Å². The molecule has 12 heteroatoms. The number of carbonyl (C=O) groups is 1. The Morgan fingerprint density at radius 2 is 2.12 bits per heavy atom. The molecule has 24 heavy (non-hydrogen) atoms. The molecule has 2 aromatic heterocycles. The van der Waals surface area contributed by atoms with Crippen LogP contribution >= 0.6 is 22.9 Å². The van der Waals surface area contributed by atoms with E-state index in [0.717, 1.165) is 0 Å². The highest BCUT2D eigenvalue weighted by Crippen LogP contribution is 2.30. The molecule has 0 spiro atoms. The number of alkyl halides is 3. The first-order chi connectivity index (χ1) is 11.3. The van der Waals surface area contributed by atoms with Gasteiger partial charge in [-0.3, -0.25) is 4.79 Å². The second-order valence-corrected chi connectivity index (χ2v) is 5.81. The van der Waals surface area contributed by atoms with Gasteiger partial charge in [-0.15, -0.1) is 15.3 Å². The number of halogens is 4. The van der Waals surface area contributed by atoms with Gasteiger partial charge in [-0.05, 0) is 18.2 Å². The fraction of sp³-hybridized carbons (Fsp3) is 0.167. The smallest absolute Gasteiger partial charge is 0.453 e. The number of nitrogens with zero attached hydrogens (tertiary/aromatic N) is 4. The van der Waals surface area contributed by atoms with Gasteiger partial charge in [-0.2, -0.15) is 17.7 Å². The molecule has 0 bridgehead atoms. The zero-order chi connectivity index (χ0) is 17.5. The number of aromatic nitrogens is 4. The number of hydrogen-bond acceptors (Lipinski definition) is 6. The molecule has 1 N–H and O–H groups in total. The van der Waals surface area contributed by atoms with E-state index in [9.17, 15) is 18.0 Å². The Morgan fingerprint density at radius 1 is 1.38 bits per heavy atom. The molecule has 0 aliphatic rings. The lowest BCUT2D eigenvalue weighted by atomic mass is 10.3. The minimum Gasteiger partial charge on any atom is -0.495 e. The van der Waals surface area contributed by atoms with E-state index >= 15 is 0 Å². The third-order valence-electron chi connectivity index (χ3n) is 2.85. The normalized spacial score (nSPS) is 11.7. The molecule has 0 unspecified atom stereocenters. The Labute approximate surface area is 141 Å². The zero-order valence-electron chi connectivity index (χ0n) is 11.8. The Hall–Kier alpha value is -2.40. The van der Waals surface area contributed by atoms with Crippen LogP contribution in [-0.2, 0) is 6.18 Å². The Balaban J connectivity index is 1.92. The third kappa shape index (κ3) is 2.99. The predicted molar refractivity (Wildman–Crippen MR) is 79.6 cm³/mol. The summed E-state index contributed by atoms with van der Waals surface area (Å²) in [5, 5.41) is 12.6. The largest absolute Gasteiger partial charge is 0.495 e. The maximum atomic E-state index is 12.8. The van der Waals surface area contributed by atoms with Crippen LogP contribution in [-0.4, -0.2) is 32.8 Å². The van der Waals surface area contributed by atoms with Gasteiger partial charge in [-0.25, -0.2) is 0 Å². The lowest BCUT2D eigenvalue weighted by Crippen LogP contribution is -2.15. The molecule has 2 heterocycles. The molecule has 0 radical (unpaired) electrons. The van der Waals surface area contributed by atoms with Crippen LogP contribution in [0, 0.1) is 0 Å². The summed E-state index contributed by atoms with van der Waals surface area (Å²) < 4.78 is 43.8. The van der Waals surface area contributed by atoms with E-state index in [4.69, 9.17) is 16.3 Å². The lowest BCUT2D eigenvalue weighted by molar-refractivity contribution is -0.146. The molecule has 126 valence electrons. The molecule has 1 amide bonds. The lowest BCUT2D eigenvalue weighted by Gasteiger charge is -2.09. The zero-order valence-corrected chi connectivity index (χ0v) is 13.3. The van der Waals surface area contributed by atoms with Crippen molar-refractivity contribution in [2.45, 2.75) is 6.18 Å². The van der Waals surface area contributed by atoms with Gasteiger partial charge in [0.1, 0.15) is 5.75 Å². The molecule has 0 atom stereocenters. The molecule has 0 aliphatic carbocycles. The van der Waals surface area contributed by atoms with E-state index in [-0.39, 0.29) is 15.7 Å². The number of hydrogen-bond donors (Lipinski definition) is 1. The second-order valence-electron chi connectivity index (χ2n) is 4.42. The maximum Gasteiger partial charge on any atom is 0.453 e. The average Bonchev–Trinajstić information content (AvgIpc) is 3.06. The van der Waals surface area contributed by atoms with E-state index in [1.54, 1.807) is 6.07 Å². The molecule has 3 rings (SSSR count). The number of fused-ring (bicyclic) bond motifs is 1. The SMILES string of the molecule is COc1ccc(Cl)cc1NC(=O)c1nn2c(C(F)(F)F)nnc2s1. The topological polar surface area (TPSA) is 81.4 Å². The Kier molecular flexibility index (Phi) is 4.05. The van der Waals surface area contributed by atoms with E-state index in [2.05, 4.69) is 20.6 Å². The van der Waals surface area contributed by atoms with Crippen LogP contribution in [0.25, 0.3) is 4.96 Å². The minimum absolute atomic E-state index is 0.148. The standard InChI is InChI=1S/C12H7ClF3N5O2S/c1-23-7-3-2-5(13)4-6(7)17-8(22)9-20-21-10(12(14,15)16)18-19-11(21)24-9/h2-4H,1H3,(H,17,22). The highest BCUT2D eigenvalue weighted by atomic mass is 35.5. The van der Waals surface area contributed by atoms with Crippen molar-refractivity contribution in [3.05, 3.63) is 34.1 Å². The summed E-state index contributed by atoms with van der Waals surface area (Å²) in [6.07, 6.45) is -4.72. The number of rotatable bonds is 3. The fourth-order valence-electron chi connectivity index (χ4n) is 1.84. The van der Waals surface area contributed by atoms with Crippen molar-refractivity contribution in [1.29, 1.82) is 0 Å². The number of ether oxygens (including phenoxy) is 1. The number of anilines is 1. The molecule has 0 fully saturated rings. The van der Waals surface area contributed by atoms with Gasteiger partial charge in [0.25, 0.3) is 11.7 Å². The molecular formula is C12H7ClF3N5O2S. The summed E-state index contributed by atoms with van der Waals surface area (Å²) in [4.78, 5) is 12.1. The summed E-state index contributed by atoms with van der Waals surface area (Å²) in [6.45, 7) is 0. The van der Waals surface area contributed by atoms with Crippen LogP contribution in [0.3, 0.4) is 0 Å². The van der Waals surface area contributed by atoms with Gasteiger partial charge in [0.2, 0.25) is 9.97 Å². The van der Waals surface area contributed by atoms with Crippen LogP contribution < -0.4 is 10.1 Å². The first-order valence-electron chi connectivity index (χ1n) is 6.24. The van der Waals surface area contributed by atoms with E-state index < -0.39 is 17.9 Å². The summed E-state index contributed by atoms with van der Waals surface area (Å²) >= 11 is 6.53. The van der Waals surface area contributed by atoms with E-state index in [1.807, 2.05) is 0 Å². The van der Waals surface area contributed by atoms with Crippen LogP contribution in [0.4, 0.5) is 18.9 Å². The molecule has 0 aliphatic heterocycles. The fourth-order valence-corrected chi connectivity index (χ4v) is 2.75. The van der Waals surface area contributed by atoms with Crippen molar-refractivity contribution in [1.82, 2.24) is 19.8 Å². The molecule has 3 aromatic rings. The number of amides is 1. The van der Waals surface area contributed by atoms with Crippen molar-refractivity contribution in [2.24, 2.45) is 0 Å². The van der Waals surface area contributed by atoms with Gasteiger partial charge in [0.05, 0.1) is 12.8 Å². The summed E-state index contributed by atoms with van der Waals surface area (Å²) in [7, 11) is 1.40. The first kappa shape index (κ1) is 16.5. The summed E-state index contributed by atoms with van der Waals surface area (Å²) in [5.41, 5.74) is 0.261. The number of carbonyl (C=O) groups excluding carboxylic acids is 1. The molecular weight excluding hydrogens is 371 g/mol.